The van der Waals surface area contributed by atoms with E-state index < -0.39 is 6.04 Å². The molecule has 1 atom stereocenters. The number of rotatable bonds is 5. The highest BCUT2D eigenvalue weighted by molar-refractivity contribution is 9.10. The summed E-state index contributed by atoms with van der Waals surface area (Å²) < 4.78 is 6.30. The number of carbonyl (C=O) groups is 2. The van der Waals surface area contributed by atoms with Crippen LogP contribution in [0.15, 0.2) is 64.3 Å². The van der Waals surface area contributed by atoms with Crippen molar-refractivity contribution in [2.45, 2.75) is 32.9 Å². The molecule has 0 aromatic heterocycles. The summed E-state index contributed by atoms with van der Waals surface area (Å²) in [5.74, 6) is -0.587. The normalized spacial score (nSPS) is 16.3. The van der Waals surface area contributed by atoms with Gasteiger partial charge in [0.25, 0.3) is 5.91 Å². The van der Waals surface area contributed by atoms with Crippen molar-refractivity contribution in [2.24, 2.45) is 0 Å². The molecule has 8 heteroatoms. The highest BCUT2D eigenvalue weighted by atomic mass is 79.9. The molecule has 0 aliphatic carbocycles. The minimum atomic E-state index is -0.440. The summed E-state index contributed by atoms with van der Waals surface area (Å²) in [4.78, 5) is 27.0. The van der Waals surface area contributed by atoms with Crippen LogP contribution in [0.4, 0.5) is 5.69 Å². The number of hydrogen-bond donors (Lipinski definition) is 2. The standard InChI is InChI=1S/C23H24BrN3O3S/c1-13(2)30-22(29)19-14(3)27(4)23(31)26-20(19)15-8-10-18(11-9-15)25-21(28)16-6-5-7-17(24)12-16/h5-13,20H,1-4H3,(H,25,28)(H,26,31). The molecule has 1 unspecified atom stereocenters. The van der Waals surface area contributed by atoms with Gasteiger partial charge in [0.2, 0.25) is 0 Å². The highest BCUT2D eigenvalue weighted by Gasteiger charge is 2.33. The number of thiocarbonyl (C=S) groups is 1. The molecule has 2 N–H and O–H groups in total. The highest BCUT2D eigenvalue weighted by Crippen LogP contribution is 2.31. The molecule has 31 heavy (non-hydrogen) atoms. The van der Waals surface area contributed by atoms with Crippen LogP contribution in [0.3, 0.4) is 0 Å². The third-order valence-corrected chi connectivity index (χ3v) is 5.79. The molecule has 0 radical (unpaired) electrons. The fraction of sp³-hybridized carbons (Fsp3) is 0.261. The van der Waals surface area contributed by atoms with Gasteiger partial charge < -0.3 is 20.3 Å². The smallest absolute Gasteiger partial charge is 0.338 e. The van der Waals surface area contributed by atoms with Gasteiger partial charge in [0, 0.05) is 28.5 Å². The first-order valence-corrected chi connectivity index (χ1v) is 11.0. The Morgan fingerprint density at radius 1 is 1.19 bits per heavy atom. The molecule has 162 valence electrons. The number of esters is 1. The van der Waals surface area contributed by atoms with Gasteiger partial charge in [-0.1, -0.05) is 34.1 Å². The number of amides is 1. The lowest BCUT2D eigenvalue weighted by Crippen LogP contribution is -2.46. The molecule has 0 saturated heterocycles. The summed E-state index contributed by atoms with van der Waals surface area (Å²) in [6.45, 7) is 5.48. The van der Waals surface area contributed by atoms with Crippen LogP contribution in [-0.4, -0.2) is 35.0 Å². The van der Waals surface area contributed by atoms with Crippen molar-refractivity contribution in [2.75, 3.05) is 12.4 Å². The van der Waals surface area contributed by atoms with Gasteiger partial charge in [-0.25, -0.2) is 4.79 Å². The third-order valence-electron chi connectivity index (χ3n) is 4.91. The summed E-state index contributed by atoms with van der Waals surface area (Å²) in [5, 5.41) is 6.62. The molecule has 1 heterocycles. The van der Waals surface area contributed by atoms with Gasteiger partial charge in [-0.2, -0.15) is 0 Å². The summed E-state index contributed by atoms with van der Waals surface area (Å²) in [5.41, 5.74) is 3.29. The van der Waals surface area contributed by atoms with Crippen LogP contribution in [0.1, 0.15) is 42.7 Å². The Bertz CT molecular complexity index is 1050. The first kappa shape index (κ1) is 23.0. The van der Waals surface area contributed by atoms with E-state index in [1.54, 1.807) is 29.2 Å². The molecule has 1 aliphatic rings. The monoisotopic (exact) mass is 501 g/mol. The molecule has 0 bridgehead atoms. The average molecular weight is 502 g/mol. The van der Waals surface area contributed by atoms with Gasteiger partial charge in [0.05, 0.1) is 17.7 Å². The quantitative estimate of drug-likeness (QED) is 0.453. The van der Waals surface area contributed by atoms with Crippen LogP contribution in [-0.2, 0) is 9.53 Å². The predicted molar refractivity (Wildman–Crippen MR) is 129 cm³/mol. The first-order valence-electron chi connectivity index (χ1n) is 9.80. The number of nitrogens with one attached hydrogen (secondary N) is 2. The molecule has 0 fully saturated rings. The minimum Gasteiger partial charge on any atom is -0.459 e. The van der Waals surface area contributed by atoms with E-state index in [0.717, 1.165) is 15.7 Å². The van der Waals surface area contributed by atoms with Gasteiger partial charge in [0.1, 0.15) is 0 Å². The van der Waals surface area contributed by atoms with E-state index in [-0.39, 0.29) is 18.0 Å². The summed E-state index contributed by atoms with van der Waals surface area (Å²) in [6.07, 6.45) is -0.233. The lowest BCUT2D eigenvalue weighted by molar-refractivity contribution is -0.143. The predicted octanol–water partition coefficient (Wildman–Crippen LogP) is 4.79. The van der Waals surface area contributed by atoms with Crippen LogP contribution in [0.5, 0.6) is 0 Å². The maximum atomic E-state index is 12.8. The van der Waals surface area contributed by atoms with E-state index in [1.807, 2.05) is 52.1 Å². The fourth-order valence-corrected chi connectivity index (χ4v) is 3.87. The third kappa shape index (κ3) is 5.32. The molecule has 2 aromatic rings. The summed E-state index contributed by atoms with van der Waals surface area (Å²) in [7, 11) is 1.81. The largest absolute Gasteiger partial charge is 0.459 e. The number of hydrogen-bond acceptors (Lipinski definition) is 4. The van der Waals surface area contributed by atoms with Gasteiger partial charge in [-0.15, -0.1) is 0 Å². The molecule has 6 nitrogen and oxygen atoms in total. The lowest BCUT2D eigenvalue weighted by Gasteiger charge is -2.35. The Labute approximate surface area is 195 Å². The van der Waals surface area contributed by atoms with Crippen molar-refractivity contribution in [1.29, 1.82) is 0 Å². The molecule has 3 rings (SSSR count). The van der Waals surface area contributed by atoms with Crippen LogP contribution >= 0.6 is 28.1 Å². The number of carbonyl (C=O) groups excluding carboxylic acids is 2. The van der Waals surface area contributed by atoms with Gasteiger partial charge in [-0.05, 0) is 68.9 Å². The minimum absolute atomic E-state index is 0.204. The SMILES string of the molecule is CC1=C(C(=O)OC(C)C)C(c2ccc(NC(=O)c3cccc(Br)c3)cc2)NC(=S)N1C. The summed E-state index contributed by atoms with van der Waals surface area (Å²) >= 11 is 8.80. The fourth-order valence-electron chi connectivity index (χ4n) is 3.22. The molecular weight excluding hydrogens is 478 g/mol. The Kier molecular flexibility index (Phi) is 7.12. The van der Waals surface area contributed by atoms with Crippen molar-refractivity contribution < 1.29 is 14.3 Å². The van der Waals surface area contributed by atoms with E-state index in [0.29, 0.717) is 21.9 Å². The number of ether oxygens (including phenoxy) is 1. The van der Waals surface area contributed by atoms with E-state index in [9.17, 15) is 9.59 Å². The van der Waals surface area contributed by atoms with Crippen LogP contribution < -0.4 is 10.6 Å². The maximum absolute atomic E-state index is 12.8. The zero-order valence-corrected chi connectivity index (χ0v) is 20.1. The van der Waals surface area contributed by atoms with Crippen molar-refractivity contribution in [3.8, 4) is 0 Å². The number of allylic oxidation sites excluding steroid dienone is 1. The Hall–Kier alpha value is -2.71. The zero-order chi connectivity index (χ0) is 22.7. The van der Waals surface area contributed by atoms with Crippen LogP contribution in [0, 0.1) is 0 Å². The van der Waals surface area contributed by atoms with Crippen molar-refractivity contribution in [3.63, 3.8) is 0 Å². The molecule has 1 amide bonds. The Morgan fingerprint density at radius 3 is 2.48 bits per heavy atom. The zero-order valence-electron chi connectivity index (χ0n) is 17.7. The second-order valence-electron chi connectivity index (χ2n) is 7.48. The van der Waals surface area contributed by atoms with E-state index in [1.165, 1.54) is 0 Å². The van der Waals surface area contributed by atoms with E-state index in [4.69, 9.17) is 17.0 Å². The van der Waals surface area contributed by atoms with Crippen molar-refractivity contribution >= 4 is 50.8 Å². The van der Waals surface area contributed by atoms with E-state index >= 15 is 0 Å². The van der Waals surface area contributed by atoms with E-state index in [2.05, 4.69) is 26.6 Å². The van der Waals surface area contributed by atoms with Crippen molar-refractivity contribution in [3.05, 3.63) is 75.4 Å². The second kappa shape index (κ2) is 9.62. The van der Waals surface area contributed by atoms with Crippen LogP contribution in [0.2, 0.25) is 0 Å². The number of benzene rings is 2. The Morgan fingerprint density at radius 2 is 1.87 bits per heavy atom. The molecular formula is C23H24BrN3O3S. The van der Waals surface area contributed by atoms with Gasteiger partial charge >= 0.3 is 5.97 Å². The molecule has 1 aliphatic heterocycles. The summed E-state index contributed by atoms with van der Waals surface area (Å²) in [6, 6.07) is 14.1. The average Bonchev–Trinajstić information content (AvgIpc) is 2.71. The molecule has 0 spiro atoms. The maximum Gasteiger partial charge on any atom is 0.338 e. The number of nitrogens with zero attached hydrogens (tertiary/aromatic N) is 1. The topological polar surface area (TPSA) is 70.7 Å². The second-order valence-corrected chi connectivity index (χ2v) is 8.78. The van der Waals surface area contributed by atoms with Crippen LogP contribution in [0.25, 0.3) is 0 Å². The first-order chi connectivity index (χ1) is 14.7. The lowest BCUT2D eigenvalue weighted by atomic mass is 9.95. The number of halogens is 1. The molecule has 0 saturated carbocycles. The van der Waals surface area contributed by atoms with Gasteiger partial charge in [-0.3, -0.25) is 4.79 Å². The van der Waals surface area contributed by atoms with Crippen molar-refractivity contribution in [1.82, 2.24) is 10.2 Å². The van der Waals surface area contributed by atoms with Gasteiger partial charge in [0.15, 0.2) is 5.11 Å². The molecule has 2 aromatic carbocycles. The Balaban J connectivity index is 1.85. The number of anilines is 1.